The van der Waals surface area contributed by atoms with Gasteiger partial charge < -0.3 is 20.4 Å². The number of hydrogen-bond donors (Lipinski definition) is 4. The highest BCUT2D eigenvalue weighted by atomic mass is 32.1. The monoisotopic (exact) mass is 670 g/mol. The molecule has 0 spiro atoms. The lowest BCUT2D eigenvalue weighted by molar-refractivity contribution is 0.0968. The summed E-state index contributed by atoms with van der Waals surface area (Å²) in [6.45, 7) is 20.6. The van der Waals surface area contributed by atoms with Gasteiger partial charge in [0.05, 0.1) is 0 Å². The van der Waals surface area contributed by atoms with Crippen LogP contribution in [-0.2, 0) is 10.8 Å². The van der Waals surface area contributed by atoms with Crippen LogP contribution in [0.25, 0.3) is 0 Å². The normalized spacial score (nSPS) is 11.8. The molecule has 4 N–H and O–H groups in total. The van der Waals surface area contributed by atoms with Crippen molar-refractivity contribution < 1.29 is 9.59 Å². The summed E-state index contributed by atoms with van der Waals surface area (Å²) in [5.41, 5.74) is 3.85. The van der Waals surface area contributed by atoms with E-state index < -0.39 is 0 Å². The predicted molar refractivity (Wildman–Crippen MR) is 202 cm³/mol. The molecule has 256 valence electrons. The summed E-state index contributed by atoms with van der Waals surface area (Å²) in [4.78, 5) is 28.6. The number of rotatable bonds is 10. The van der Waals surface area contributed by atoms with Gasteiger partial charge in [0.25, 0.3) is 11.8 Å². The molecule has 2 amide bonds. The maximum Gasteiger partial charge on any atom is 0.257 e. The number of amides is 2. The molecule has 46 heavy (non-hydrogen) atoms. The Kier molecular flexibility index (Phi) is 16.5. The van der Waals surface area contributed by atoms with Gasteiger partial charge in [-0.25, -0.2) is 0 Å². The Morgan fingerprint density at radius 1 is 0.630 bits per heavy atom. The van der Waals surface area contributed by atoms with Gasteiger partial charge in [0, 0.05) is 30.8 Å². The Hall–Kier alpha value is -2.92. The number of carbonyl (C=O) groups excluding carboxylic acids is 2. The quantitative estimate of drug-likeness (QED) is 0.189. The second kappa shape index (κ2) is 18.4. The first-order valence-electron chi connectivity index (χ1n) is 15.8. The zero-order chi connectivity index (χ0) is 35.3. The van der Waals surface area contributed by atoms with Gasteiger partial charge in [-0.2, -0.15) is 0 Å². The highest BCUT2D eigenvalue weighted by Gasteiger charge is 2.20. The molecule has 0 unspecified atom stereocenters. The van der Waals surface area contributed by atoms with Gasteiger partial charge in [-0.1, -0.05) is 79.7 Å². The van der Waals surface area contributed by atoms with E-state index in [1.807, 2.05) is 76.7 Å². The summed E-state index contributed by atoms with van der Waals surface area (Å²) in [6, 6.07) is 15.3. The SMILES string of the molecule is CN(C)CC(C)(C)CNC(=S)NC(=O)c1ccc(C(C)(C)C)cc1.CN(C)CCCNC(=S)NC(=O)c1ccc(C(C)(C)C)cc1. The van der Waals surface area contributed by atoms with Crippen molar-refractivity contribution in [2.24, 2.45) is 5.41 Å². The molecule has 10 heteroatoms. The number of carbonyl (C=O) groups is 2. The minimum absolute atomic E-state index is 0.0621. The molecule has 2 rings (SSSR count). The molecular weight excluding hydrogens is 613 g/mol. The van der Waals surface area contributed by atoms with E-state index in [4.69, 9.17) is 24.4 Å². The first-order chi connectivity index (χ1) is 21.1. The van der Waals surface area contributed by atoms with Gasteiger partial charge >= 0.3 is 0 Å². The molecule has 0 aliphatic heterocycles. The summed E-state index contributed by atoms with van der Waals surface area (Å²) in [7, 11) is 8.15. The van der Waals surface area contributed by atoms with Crippen LogP contribution in [0, 0.1) is 5.41 Å². The minimum Gasteiger partial charge on any atom is -0.362 e. The molecular formula is C36H58N6O2S2. The number of nitrogens with zero attached hydrogens (tertiary/aromatic N) is 2. The zero-order valence-electron chi connectivity index (χ0n) is 30.2. The Morgan fingerprint density at radius 3 is 1.37 bits per heavy atom. The summed E-state index contributed by atoms with van der Waals surface area (Å²) in [6.07, 6.45) is 0.975. The van der Waals surface area contributed by atoms with E-state index in [0.29, 0.717) is 27.9 Å². The predicted octanol–water partition coefficient (Wildman–Crippen LogP) is 5.72. The first kappa shape index (κ1) is 41.1. The van der Waals surface area contributed by atoms with E-state index in [-0.39, 0.29) is 28.1 Å². The van der Waals surface area contributed by atoms with Crippen LogP contribution in [0.3, 0.4) is 0 Å². The number of thiocarbonyl (C=S) groups is 2. The van der Waals surface area contributed by atoms with E-state index >= 15 is 0 Å². The van der Waals surface area contributed by atoms with Crippen molar-refractivity contribution in [2.45, 2.75) is 72.6 Å². The van der Waals surface area contributed by atoms with Crippen LogP contribution in [0.1, 0.15) is 93.7 Å². The number of benzene rings is 2. The Bertz CT molecular complexity index is 1280. The molecule has 0 saturated heterocycles. The van der Waals surface area contributed by atoms with Crippen molar-refractivity contribution >= 4 is 46.5 Å². The zero-order valence-corrected chi connectivity index (χ0v) is 31.8. The molecule has 2 aromatic rings. The van der Waals surface area contributed by atoms with Gasteiger partial charge in [-0.05, 0) is 117 Å². The maximum atomic E-state index is 12.3. The second-order valence-electron chi connectivity index (χ2n) is 15.1. The number of nitrogens with one attached hydrogen (secondary N) is 4. The van der Waals surface area contributed by atoms with Crippen LogP contribution in [0.4, 0.5) is 0 Å². The fraction of sp³-hybridized carbons (Fsp3) is 0.556. The Labute approximate surface area is 289 Å². The lowest BCUT2D eigenvalue weighted by Crippen LogP contribution is -2.45. The molecule has 8 nitrogen and oxygen atoms in total. The van der Waals surface area contributed by atoms with Crippen LogP contribution < -0.4 is 21.3 Å². The molecule has 0 aliphatic rings. The van der Waals surface area contributed by atoms with Gasteiger partial charge in [0.1, 0.15) is 0 Å². The van der Waals surface area contributed by atoms with Crippen molar-refractivity contribution in [3.8, 4) is 0 Å². The van der Waals surface area contributed by atoms with Gasteiger partial charge in [-0.3, -0.25) is 20.2 Å². The molecule has 0 aliphatic carbocycles. The van der Waals surface area contributed by atoms with Crippen molar-refractivity contribution in [3.63, 3.8) is 0 Å². The van der Waals surface area contributed by atoms with Crippen LogP contribution in [0.15, 0.2) is 48.5 Å². The van der Waals surface area contributed by atoms with Crippen molar-refractivity contribution in [1.29, 1.82) is 0 Å². The molecule has 0 saturated carbocycles. The third-order valence-corrected chi connectivity index (χ3v) is 7.51. The average molecular weight is 671 g/mol. The van der Waals surface area contributed by atoms with Crippen LogP contribution in [0.5, 0.6) is 0 Å². The summed E-state index contributed by atoms with van der Waals surface area (Å²) in [5.74, 6) is -0.357. The minimum atomic E-state index is -0.182. The van der Waals surface area contributed by atoms with E-state index in [2.05, 4.69) is 86.5 Å². The summed E-state index contributed by atoms with van der Waals surface area (Å²) in [5, 5.41) is 12.4. The molecule has 0 heterocycles. The lowest BCUT2D eigenvalue weighted by Gasteiger charge is -2.28. The van der Waals surface area contributed by atoms with Gasteiger partial charge in [0.15, 0.2) is 10.2 Å². The largest absolute Gasteiger partial charge is 0.362 e. The van der Waals surface area contributed by atoms with Crippen molar-refractivity contribution in [3.05, 3.63) is 70.8 Å². The second-order valence-corrected chi connectivity index (χ2v) is 15.9. The Morgan fingerprint density at radius 2 is 1.02 bits per heavy atom. The van der Waals surface area contributed by atoms with Crippen LogP contribution >= 0.6 is 24.4 Å². The van der Waals surface area contributed by atoms with Crippen LogP contribution in [-0.4, -0.2) is 86.2 Å². The van der Waals surface area contributed by atoms with E-state index in [9.17, 15) is 9.59 Å². The van der Waals surface area contributed by atoms with E-state index in [0.717, 1.165) is 26.1 Å². The fourth-order valence-electron chi connectivity index (χ4n) is 4.51. The van der Waals surface area contributed by atoms with Crippen molar-refractivity contribution in [1.82, 2.24) is 31.1 Å². The highest BCUT2D eigenvalue weighted by Crippen LogP contribution is 2.23. The molecule has 0 aromatic heterocycles. The summed E-state index contributed by atoms with van der Waals surface area (Å²) < 4.78 is 0. The van der Waals surface area contributed by atoms with Crippen LogP contribution in [0.2, 0.25) is 0 Å². The molecule has 0 atom stereocenters. The van der Waals surface area contributed by atoms with Crippen molar-refractivity contribution in [2.75, 3.05) is 54.4 Å². The average Bonchev–Trinajstić information content (AvgIpc) is 2.93. The molecule has 0 radical (unpaired) electrons. The highest BCUT2D eigenvalue weighted by molar-refractivity contribution is 7.80. The third kappa shape index (κ3) is 16.6. The maximum absolute atomic E-state index is 12.3. The van der Waals surface area contributed by atoms with E-state index in [1.54, 1.807) is 0 Å². The third-order valence-electron chi connectivity index (χ3n) is 7.02. The molecule has 0 fully saturated rings. The molecule has 0 bridgehead atoms. The fourth-order valence-corrected chi connectivity index (χ4v) is 4.87. The van der Waals surface area contributed by atoms with Gasteiger partial charge in [-0.15, -0.1) is 0 Å². The summed E-state index contributed by atoms with van der Waals surface area (Å²) >= 11 is 10.4. The van der Waals surface area contributed by atoms with Gasteiger partial charge in [0.2, 0.25) is 0 Å². The van der Waals surface area contributed by atoms with E-state index in [1.165, 1.54) is 11.1 Å². The topological polar surface area (TPSA) is 88.7 Å². The molecule has 2 aromatic carbocycles. The standard InChI is InChI=1S/C19H31N3OS.C17H27N3OS/c1-18(2,3)15-10-8-14(9-11-15)16(23)21-17(24)20-12-19(4,5)13-22(6)7;1-17(2,3)14-9-7-13(8-10-14)15(21)19-16(22)18-11-6-12-20(4)5/h8-11H,12-13H2,1-7H3,(H2,20,21,23,24);7-10H,6,11-12H2,1-5H3,(H2,18,19,21,22). The smallest absolute Gasteiger partial charge is 0.257 e. The first-order valence-corrected chi connectivity index (χ1v) is 16.6. The number of hydrogen-bond acceptors (Lipinski definition) is 6. The lowest BCUT2D eigenvalue weighted by atomic mass is 9.86. The Balaban J connectivity index is 0.000000462.